The highest BCUT2D eigenvalue weighted by molar-refractivity contribution is 5.72. The van der Waals surface area contributed by atoms with E-state index in [1.54, 1.807) is 6.92 Å². The molecule has 2 N–H and O–H groups in total. The van der Waals surface area contributed by atoms with Crippen LogP contribution in [0.5, 0.6) is 0 Å². The molecular weight excluding hydrogens is 200 g/mol. The van der Waals surface area contributed by atoms with Gasteiger partial charge in [-0.05, 0) is 32.4 Å². The van der Waals surface area contributed by atoms with Crippen molar-refractivity contribution in [2.75, 3.05) is 19.6 Å². The van der Waals surface area contributed by atoms with Gasteiger partial charge in [0.15, 0.2) is 0 Å². The summed E-state index contributed by atoms with van der Waals surface area (Å²) >= 11 is 0. The van der Waals surface area contributed by atoms with Crippen LogP contribution >= 0.6 is 0 Å². The zero-order valence-corrected chi connectivity index (χ0v) is 11.0. The van der Waals surface area contributed by atoms with E-state index in [0.717, 1.165) is 26.1 Å². The zero-order chi connectivity index (χ0) is 12.1. The molecule has 0 bridgehead atoms. The number of rotatable bonds is 11. The van der Waals surface area contributed by atoms with Gasteiger partial charge >= 0.3 is 0 Å². The average molecular weight is 228 g/mol. The van der Waals surface area contributed by atoms with Crippen molar-refractivity contribution in [3.05, 3.63) is 0 Å². The Balaban J connectivity index is 2.90. The van der Waals surface area contributed by atoms with E-state index < -0.39 is 0 Å². The summed E-state index contributed by atoms with van der Waals surface area (Å²) in [5.74, 6) is 0.0778. The van der Waals surface area contributed by atoms with Crippen molar-refractivity contribution in [1.82, 2.24) is 10.6 Å². The summed E-state index contributed by atoms with van der Waals surface area (Å²) in [4.78, 5) is 10.6. The second-order valence-electron chi connectivity index (χ2n) is 4.35. The number of amides is 1. The Hall–Kier alpha value is -0.570. The Kier molecular flexibility index (Phi) is 12.1. The molecule has 3 heteroatoms. The van der Waals surface area contributed by atoms with Crippen molar-refractivity contribution in [1.29, 1.82) is 0 Å². The fourth-order valence-electron chi connectivity index (χ4n) is 1.62. The molecule has 0 unspecified atom stereocenters. The number of carbonyl (C=O) groups excluding carboxylic acids is 1. The van der Waals surface area contributed by atoms with Crippen molar-refractivity contribution >= 4 is 5.91 Å². The number of nitrogens with one attached hydrogen (secondary N) is 2. The molecule has 0 aliphatic heterocycles. The topological polar surface area (TPSA) is 41.1 Å². The van der Waals surface area contributed by atoms with Gasteiger partial charge in [0.2, 0.25) is 5.91 Å². The predicted molar refractivity (Wildman–Crippen MR) is 69.5 cm³/mol. The van der Waals surface area contributed by atoms with Crippen LogP contribution in [-0.4, -0.2) is 25.5 Å². The third kappa shape index (κ3) is 13.4. The van der Waals surface area contributed by atoms with Gasteiger partial charge in [-0.1, -0.05) is 32.6 Å². The first-order valence-corrected chi connectivity index (χ1v) is 6.72. The molecule has 0 aromatic rings. The smallest absolute Gasteiger partial charge is 0.216 e. The van der Waals surface area contributed by atoms with Gasteiger partial charge in [-0.15, -0.1) is 0 Å². The Morgan fingerprint density at radius 3 is 2.00 bits per heavy atom. The minimum atomic E-state index is 0.0778. The first-order chi connectivity index (χ1) is 7.77. The molecule has 0 aliphatic rings. The van der Waals surface area contributed by atoms with Crippen molar-refractivity contribution in [2.24, 2.45) is 0 Å². The Morgan fingerprint density at radius 2 is 1.44 bits per heavy atom. The van der Waals surface area contributed by atoms with Gasteiger partial charge < -0.3 is 10.6 Å². The van der Waals surface area contributed by atoms with E-state index in [9.17, 15) is 4.79 Å². The maximum atomic E-state index is 10.6. The van der Waals surface area contributed by atoms with Crippen LogP contribution in [-0.2, 0) is 4.79 Å². The lowest BCUT2D eigenvalue weighted by Gasteiger charge is -2.05. The Morgan fingerprint density at radius 1 is 0.875 bits per heavy atom. The molecule has 1 amide bonds. The highest BCUT2D eigenvalue weighted by atomic mass is 16.1. The summed E-state index contributed by atoms with van der Waals surface area (Å²) in [6.45, 7) is 6.91. The van der Waals surface area contributed by atoms with Gasteiger partial charge in [0.1, 0.15) is 0 Å². The molecule has 0 fully saturated rings. The second kappa shape index (κ2) is 12.5. The summed E-state index contributed by atoms with van der Waals surface area (Å²) in [6.07, 6.45) is 8.83. The molecule has 0 atom stereocenters. The van der Waals surface area contributed by atoms with E-state index in [-0.39, 0.29) is 5.91 Å². The predicted octanol–water partition coefficient (Wildman–Crippen LogP) is 2.46. The minimum absolute atomic E-state index is 0.0778. The molecule has 0 aromatic heterocycles. The average Bonchev–Trinajstić information content (AvgIpc) is 2.25. The Bertz CT molecular complexity index is 160. The molecule has 0 rings (SSSR count). The molecule has 0 radical (unpaired) electrons. The summed E-state index contributed by atoms with van der Waals surface area (Å²) in [7, 11) is 0. The van der Waals surface area contributed by atoms with Gasteiger partial charge in [-0.3, -0.25) is 4.79 Å². The zero-order valence-electron chi connectivity index (χ0n) is 11.0. The molecule has 16 heavy (non-hydrogen) atoms. The normalized spacial score (nSPS) is 10.4. The molecule has 0 aromatic carbocycles. The molecule has 0 aliphatic carbocycles. The van der Waals surface area contributed by atoms with E-state index in [4.69, 9.17) is 0 Å². The SMILES string of the molecule is CCCCCCNCCCCCNC(C)=O. The molecule has 96 valence electrons. The highest BCUT2D eigenvalue weighted by Gasteiger charge is 1.92. The van der Waals surface area contributed by atoms with Crippen LogP contribution in [0.4, 0.5) is 0 Å². The number of hydrogen-bond donors (Lipinski definition) is 2. The van der Waals surface area contributed by atoms with Gasteiger partial charge in [0.25, 0.3) is 0 Å². The lowest BCUT2D eigenvalue weighted by Crippen LogP contribution is -2.21. The third-order valence-corrected chi connectivity index (χ3v) is 2.61. The second-order valence-corrected chi connectivity index (χ2v) is 4.35. The van der Waals surface area contributed by atoms with E-state index >= 15 is 0 Å². The summed E-state index contributed by atoms with van der Waals surface area (Å²) in [5.41, 5.74) is 0. The molecule has 0 spiro atoms. The highest BCUT2D eigenvalue weighted by Crippen LogP contribution is 1.97. The molecule has 0 heterocycles. The first-order valence-electron chi connectivity index (χ1n) is 6.72. The molecule has 0 saturated heterocycles. The van der Waals surface area contributed by atoms with Crippen molar-refractivity contribution in [2.45, 2.75) is 58.8 Å². The molecular formula is C13H28N2O. The lowest BCUT2D eigenvalue weighted by molar-refractivity contribution is -0.118. The van der Waals surface area contributed by atoms with E-state index in [1.165, 1.54) is 38.5 Å². The van der Waals surface area contributed by atoms with E-state index in [2.05, 4.69) is 17.6 Å². The lowest BCUT2D eigenvalue weighted by atomic mass is 10.2. The van der Waals surface area contributed by atoms with Crippen molar-refractivity contribution in [3.8, 4) is 0 Å². The van der Waals surface area contributed by atoms with Gasteiger partial charge in [0.05, 0.1) is 0 Å². The van der Waals surface area contributed by atoms with E-state index in [1.807, 2.05) is 0 Å². The van der Waals surface area contributed by atoms with Crippen LogP contribution in [0.2, 0.25) is 0 Å². The number of carbonyl (C=O) groups is 1. The molecule has 0 saturated carbocycles. The van der Waals surface area contributed by atoms with Crippen molar-refractivity contribution in [3.63, 3.8) is 0 Å². The van der Waals surface area contributed by atoms with Crippen LogP contribution in [0.3, 0.4) is 0 Å². The molecule has 3 nitrogen and oxygen atoms in total. The summed E-state index contributed by atoms with van der Waals surface area (Å²) < 4.78 is 0. The van der Waals surface area contributed by atoms with Crippen molar-refractivity contribution < 1.29 is 4.79 Å². The van der Waals surface area contributed by atoms with Crippen LogP contribution in [0.1, 0.15) is 58.8 Å². The van der Waals surface area contributed by atoms with Crippen LogP contribution in [0.15, 0.2) is 0 Å². The maximum absolute atomic E-state index is 10.6. The van der Waals surface area contributed by atoms with Gasteiger partial charge in [0, 0.05) is 13.5 Å². The maximum Gasteiger partial charge on any atom is 0.216 e. The first kappa shape index (κ1) is 15.4. The summed E-state index contributed by atoms with van der Waals surface area (Å²) in [6, 6.07) is 0. The quantitative estimate of drug-likeness (QED) is 0.533. The van der Waals surface area contributed by atoms with Crippen LogP contribution in [0, 0.1) is 0 Å². The summed E-state index contributed by atoms with van der Waals surface area (Å²) in [5, 5.41) is 6.27. The standard InChI is InChI=1S/C13H28N2O/c1-3-4-5-7-10-14-11-8-6-9-12-15-13(2)16/h14H,3-12H2,1-2H3,(H,15,16). The minimum Gasteiger partial charge on any atom is -0.356 e. The fourth-order valence-corrected chi connectivity index (χ4v) is 1.62. The number of hydrogen-bond acceptors (Lipinski definition) is 2. The monoisotopic (exact) mass is 228 g/mol. The third-order valence-electron chi connectivity index (χ3n) is 2.61. The van der Waals surface area contributed by atoms with Gasteiger partial charge in [-0.2, -0.15) is 0 Å². The van der Waals surface area contributed by atoms with Gasteiger partial charge in [-0.25, -0.2) is 0 Å². The van der Waals surface area contributed by atoms with E-state index in [0.29, 0.717) is 0 Å². The Labute approximate surface area is 100 Å². The van der Waals surface area contributed by atoms with Crippen LogP contribution < -0.4 is 10.6 Å². The fraction of sp³-hybridized carbons (Fsp3) is 0.923. The van der Waals surface area contributed by atoms with Crippen LogP contribution in [0.25, 0.3) is 0 Å². The largest absolute Gasteiger partial charge is 0.356 e. The number of unbranched alkanes of at least 4 members (excludes halogenated alkanes) is 5.